The number of hydrogen-bond acceptors (Lipinski definition) is 5. The summed E-state index contributed by atoms with van der Waals surface area (Å²) >= 11 is 0. The molecule has 0 unspecified atom stereocenters. The Morgan fingerprint density at radius 1 is 1.14 bits per heavy atom. The molecule has 0 saturated carbocycles. The average Bonchev–Trinajstić information content (AvgIpc) is 3.24. The van der Waals surface area contributed by atoms with E-state index in [0.717, 1.165) is 35.3 Å². The van der Waals surface area contributed by atoms with E-state index in [4.69, 9.17) is 9.26 Å². The maximum Gasteiger partial charge on any atom is 0.258 e. The summed E-state index contributed by atoms with van der Waals surface area (Å²) < 4.78 is 10.7. The van der Waals surface area contributed by atoms with E-state index in [-0.39, 0.29) is 11.8 Å². The molecular weight excluding hydrogens is 366 g/mol. The normalized spacial score (nSPS) is 14.8. The fourth-order valence-corrected chi connectivity index (χ4v) is 3.84. The Morgan fingerprint density at radius 2 is 1.93 bits per heavy atom. The zero-order valence-corrected chi connectivity index (χ0v) is 17.0. The Morgan fingerprint density at radius 3 is 2.66 bits per heavy atom. The van der Waals surface area contributed by atoms with Gasteiger partial charge in [-0.15, -0.1) is 0 Å². The summed E-state index contributed by atoms with van der Waals surface area (Å²) in [5.41, 5.74) is 3.82. The zero-order valence-electron chi connectivity index (χ0n) is 17.0. The molecule has 1 fully saturated rings. The van der Waals surface area contributed by atoms with Crippen molar-refractivity contribution in [1.29, 1.82) is 0 Å². The highest BCUT2D eigenvalue weighted by atomic mass is 16.5. The molecule has 1 aliphatic heterocycles. The monoisotopic (exact) mass is 391 g/mol. The number of amides is 1. The molecule has 3 aromatic rings. The first kappa shape index (κ1) is 19.2. The lowest BCUT2D eigenvalue weighted by Gasteiger charge is -2.31. The van der Waals surface area contributed by atoms with Crippen LogP contribution in [0, 0.1) is 13.8 Å². The lowest BCUT2D eigenvalue weighted by molar-refractivity contribution is 0.0710. The van der Waals surface area contributed by atoms with Crippen molar-refractivity contribution in [2.75, 3.05) is 20.2 Å². The van der Waals surface area contributed by atoms with Crippen LogP contribution in [0.4, 0.5) is 0 Å². The van der Waals surface area contributed by atoms with E-state index in [1.807, 2.05) is 55.1 Å². The van der Waals surface area contributed by atoms with E-state index in [1.54, 1.807) is 7.11 Å². The predicted octanol–water partition coefficient (Wildman–Crippen LogP) is 4.38. The quantitative estimate of drug-likeness (QED) is 0.660. The summed E-state index contributed by atoms with van der Waals surface area (Å²) in [6, 6.07) is 13.6. The first-order valence-electron chi connectivity index (χ1n) is 9.89. The van der Waals surface area contributed by atoms with Crippen molar-refractivity contribution in [3.8, 4) is 17.2 Å². The van der Waals surface area contributed by atoms with E-state index in [0.29, 0.717) is 24.8 Å². The molecule has 0 N–H and O–H groups in total. The summed E-state index contributed by atoms with van der Waals surface area (Å²) in [6.07, 6.45) is 1.65. The molecule has 4 rings (SSSR count). The molecule has 0 radical (unpaired) electrons. The fourth-order valence-electron chi connectivity index (χ4n) is 3.84. The first-order valence-corrected chi connectivity index (χ1v) is 9.89. The molecule has 0 bridgehead atoms. The van der Waals surface area contributed by atoms with Gasteiger partial charge in [-0.25, -0.2) is 0 Å². The molecule has 150 valence electrons. The minimum atomic E-state index is 0.103. The molecule has 1 aliphatic rings. The van der Waals surface area contributed by atoms with Crippen molar-refractivity contribution in [3.63, 3.8) is 0 Å². The van der Waals surface area contributed by atoms with E-state index in [9.17, 15) is 4.79 Å². The third kappa shape index (κ3) is 4.01. The lowest BCUT2D eigenvalue weighted by Crippen LogP contribution is -2.38. The van der Waals surface area contributed by atoms with Crippen LogP contribution in [-0.4, -0.2) is 41.1 Å². The van der Waals surface area contributed by atoms with E-state index >= 15 is 0 Å². The largest absolute Gasteiger partial charge is 0.497 e. The van der Waals surface area contributed by atoms with Crippen LogP contribution in [0.3, 0.4) is 0 Å². The van der Waals surface area contributed by atoms with Gasteiger partial charge in [0.2, 0.25) is 0 Å². The lowest BCUT2D eigenvalue weighted by atomic mass is 9.95. The number of carbonyl (C=O) groups excluding carboxylic acids is 1. The second-order valence-electron chi connectivity index (χ2n) is 7.57. The Bertz CT molecular complexity index is 1020. The molecule has 1 amide bonds. The fraction of sp³-hybridized carbons (Fsp3) is 0.348. The van der Waals surface area contributed by atoms with Crippen LogP contribution in [0.5, 0.6) is 5.75 Å². The molecule has 2 heterocycles. The third-order valence-corrected chi connectivity index (χ3v) is 5.52. The van der Waals surface area contributed by atoms with Gasteiger partial charge >= 0.3 is 0 Å². The third-order valence-electron chi connectivity index (χ3n) is 5.52. The predicted molar refractivity (Wildman–Crippen MR) is 110 cm³/mol. The van der Waals surface area contributed by atoms with Gasteiger partial charge in [0.25, 0.3) is 11.8 Å². The summed E-state index contributed by atoms with van der Waals surface area (Å²) in [5.74, 6) is 2.25. The second kappa shape index (κ2) is 8.07. The van der Waals surface area contributed by atoms with Gasteiger partial charge in [0.15, 0.2) is 5.82 Å². The summed E-state index contributed by atoms with van der Waals surface area (Å²) in [7, 11) is 1.63. The number of ether oxygens (including phenoxy) is 1. The average molecular weight is 391 g/mol. The molecule has 0 spiro atoms. The number of nitrogens with zero attached hydrogens (tertiary/aromatic N) is 3. The van der Waals surface area contributed by atoms with Gasteiger partial charge in [-0.1, -0.05) is 28.9 Å². The van der Waals surface area contributed by atoms with Gasteiger partial charge in [0.05, 0.1) is 7.11 Å². The molecule has 6 nitrogen and oxygen atoms in total. The standard InChI is InChI=1S/C23H25N3O3/c1-15-7-8-20(16(2)13-15)23(27)26-11-9-17(10-12-26)21-24-22(29-25-21)18-5-4-6-19(14-18)28-3/h4-8,13-14,17H,9-12H2,1-3H3. The van der Waals surface area contributed by atoms with Gasteiger partial charge in [-0.2, -0.15) is 4.98 Å². The zero-order chi connectivity index (χ0) is 20.4. The van der Waals surface area contributed by atoms with Crippen molar-refractivity contribution in [2.24, 2.45) is 0 Å². The number of aromatic nitrogens is 2. The Hall–Kier alpha value is -3.15. The van der Waals surface area contributed by atoms with Crippen LogP contribution in [-0.2, 0) is 0 Å². The van der Waals surface area contributed by atoms with Crippen LogP contribution in [0.2, 0.25) is 0 Å². The van der Waals surface area contributed by atoms with Crippen LogP contribution < -0.4 is 4.74 Å². The highest BCUT2D eigenvalue weighted by molar-refractivity contribution is 5.95. The number of benzene rings is 2. The van der Waals surface area contributed by atoms with Crippen molar-refractivity contribution < 1.29 is 14.1 Å². The maximum absolute atomic E-state index is 12.9. The van der Waals surface area contributed by atoms with Crippen molar-refractivity contribution in [2.45, 2.75) is 32.6 Å². The Kier molecular flexibility index (Phi) is 5.34. The minimum Gasteiger partial charge on any atom is -0.497 e. The summed E-state index contributed by atoms with van der Waals surface area (Å²) in [5, 5.41) is 4.19. The smallest absolute Gasteiger partial charge is 0.258 e. The second-order valence-corrected chi connectivity index (χ2v) is 7.57. The van der Waals surface area contributed by atoms with Gasteiger partial charge in [-0.3, -0.25) is 4.79 Å². The van der Waals surface area contributed by atoms with Crippen molar-refractivity contribution >= 4 is 5.91 Å². The summed E-state index contributed by atoms with van der Waals surface area (Å²) in [6.45, 7) is 5.42. The number of piperidine rings is 1. The molecule has 6 heteroatoms. The number of likely N-dealkylation sites (tertiary alicyclic amines) is 1. The number of methoxy groups -OCH3 is 1. The summed E-state index contributed by atoms with van der Waals surface area (Å²) in [4.78, 5) is 19.4. The van der Waals surface area contributed by atoms with Crippen LogP contribution in [0.15, 0.2) is 47.0 Å². The Labute approximate surface area is 170 Å². The van der Waals surface area contributed by atoms with Crippen LogP contribution in [0.1, 0.15) is 46.1 Å². The Balaban J connectivity index is 1.42. The number of hydrogen-bond donors (Lipinski definition) is 0. The molecule has 2 aromatic carbocycles. The van der Waals surface area contributed by atoms with Crippen molar-refractivity contribution in [3.05, 3.63) is 65.0 Å². The highest BCUT2D eigenvalue weighted by Crippen LogP contribution is 2.30. The van der Waals surface area contributed by atoms with Crippen molar-refractivity contribution in [1.82, 2.24) is 15.0 Å². The number of aryl methyl sites for hydroxylation is 2. The number of rotatable bonds is 4. The van der Waals surface area contributed by atoms with Crippen LogP contribution >= 0.6 is 0 Å². The van der Waals surface area contributed by atoms with E-state index in [1.165, 1.54) is 5.56 Å². The van der Waals surface area contributed by atoms with Crippen LogP contribution in [0.25, 0.3) is 11.5 Å². The highest BCUT2D eigenvalue weighted by Gasteiger charge is 2.28. The molecule has 29 heavy (non-hydrogen) atoms. The van der Waals surface area contributed by atoms with Gasteiger partial charge in [0, 0.05) is 30.1 Å². The minimum absolute atomic E-state index is 0.103. The molecule has 1 aromatic heterocycles. The molecule has 0 atom stereocenters. The number of carbonyl (C=O) groups is 1. The maximum atomic E-state index is 12.9. The molecule has 0 aliphatic carbocycles. The van der Waals surface area contributed by atoms with E-state index < -0.39 is 0 Å². The van der Waals surface area contributed by atoms with Gasteiger partial charge in [0.1, 0.15) is 5.75 Å². The van der Waals surface area contributed by atoms with E-state index in [2.05, 4.69) is 16.2 Å². The molecular formula is C23H25N3O3. The first-order chi connectivity index (χ1) is 14.0. The topological polar surface area (TPSA) is 68.5 Å². The SMILES string of the molecule is COc1cccc(-c2nc(C3CCN(C(=O)c4ccc(C)cc4C)CC3)no2)c1. The van der Waals surface area contributed by atoms with Gasteiger partial charge in [-0.05, 0) is 56.5 Å². The van der Waals surface area contributed by atoms with Gasteiger partial charge < -0.3 is 14.2 Å². The molecule has 1 saturated heterocycles.